The van der Waals surface area contributed by atoms with Crippen molar-refractivity contribution >= 4 is 34.3 Å². The molecule has 0 saturated heterocycles. The molecular weight excluding hydrogens is 232 g/mol. The van der Waals surface area contributed by atoms with Crippen LogP contribution in [0.4, 0.5) is 5.69 Å². The summed E-state index contributed by atoms with van der Waals surface area (Å²) in [6.45, 7) is 0. The highest BCUT2D eigenvalue weighted by Gasteiger charge is 2.05. The minimum Gasteiger partial charge on any atom is -0.325 e. The van der Waals surface area contributed by atoms with Crippen LogP contribution in [0.25, 0.3) is 10.9 Å². The zero-order chi connectivity index (χ0) is 12.1. The fourth-order valence-corrected chi connectivity index (χ4v) is 2.01. The summed E-state index contributed by atoms with van der Waals surface area (Å²) in [5.41, 5.74) is 1.73. The van der Waals surface area contributed by atoms with Gasteiger partial charge < -0.3 is 5.32 Å². The van der Waals surface area contributed by atoms with E-state index in [0.717, 1.165) is 22.3 Å². The molecule has 17 heavy (non-hydrogen) atoms. The van der Waals surface area contributed by atoms with Gasteiger partial charge in [-0.05, 0) is 30.5 Å². The second-order valence-electron chi connectivity index (χ2n) is 3.67. The molecule has 3 nitrogen and oxygen atoms in total. The first-order chi connectivity index (χ1) is 8.31. The normalized spacial score (nSPS) is 10.4. The molecule has 0 fully saturated rings. The summed E-state index contributed by atoms with van der Waals surface area (Å²) >= 11 is 1.67. The van der Waals surface area contributed by atoms with Crippen LogP contribution >= 0.6 is 11.8 Å². The van der Waals surface area contributed by atoms with Crippen LogP contribution in [0, 0.1) is 0 Å². The number of benzene rings is 1. The molecule has 0 bridgehead atoms. The van der Waals surface area contributed by atoms with Crippen LogP contribution in [-0.2, 0) is 4.79 Å². The van der Waals surface area contributed by atoms with E-state index in [0.29, 0.717) is 6.42 Å². The van der Waals surface area contributed by atoms with Gasteiger partial charge in [0.1, 0.15) is 0 Å². The van der Waals surface area contributed by atoms with E-state index in [1.807, 2.05) is 36.6 Å². The number of fused-ring (bicyclic) bond motifs is 1. The van der Waals surface area contributed by atoms with Crippen molar-refractivity contribution in [3.8, 4) is 0 Å². The monoisotopic (exact) mass is 246 g/mol. The lowest BCUT2D eigenvalue weighted by Crippen LogP contribution is -2.12. The Bertz CT molecular complexity index is 522. The second kappa shape index (κ2) is 5.68. The van der Waals surface area contributed by atoms with Crippen molar-refractivity contribution in [2.45, 2.75) is 6.42 Å². The van der Waals surface area contributed by atoms with Gasteiger partial charge in [0.15, 0.2) is 0 Å². The maximum Gasteiger partial charge on any atom is 0.225 e. The Hall–Kier alpha value is -1.55. The number of nitrogens with zero attached hydrogens (tertiary/aromatic N) is 1. The Balaban J connectivity index is 2.21. The molecule has 0 spiro atoms. The van der Waals surface area contributed by atoms with Crippen LogP contribution < -0.4 is 5.32 Å². The van der Waals surface area contributed by atoms with Crippen LogP contribution in [0.2, 0.25) is 0 Å². The molecular formula is C13H14N2OS. The van der Waals surface area contributed by atoms with E-state index in [1.165, 1.54) is 0 Å². The molecule has 0 radical (unpaired) electrons. The van der Waals surface area contributed by atoms with E-state index < -0.39 is 0 Å². The lowest BCUT2D eigenvalue weighted by molar-refractivity contribution is -0.115. The van der Waals surface area contributed by atoms with Gasteiger partial charge in [0.25, 0.3) is 0 Å². The number of nitrogens with one attached hydrogen (secondary N) is 1. The summed E-state index contributed by atoms with van der Waals surface area (Å²) in [7, 11) is 0. The molecule has 1 heterocycles. The third kappa shape index (κ3) is 2.97. The topological polar surface area (TPSA) is 42.0 Å². The first kappa shape index (κ1) is 11.9. The van der Waals surface area contributed by atoms with Crippen molar-refractivity contribution in [1.29, 1.82) is 0 Å². The fourth-order valence-electron chi connectivity index (χ4n) is 1.62. The molecule has 0 saturated carbocycles. The fraction of sp³-hybridized carbons (Fsp3) is 0.231. The predicted molar refractivity (Wildman–Crippen MR) is 73.4 cm³/mol. The van der Waals surface area contributed by atoms with E-state index >= 15 is 0 Å². The van der Waals surface area contributed by atoms with Gasteiger partial charge in [0.05, 0.1) is 11.2 Å². The minimum absolute atomic E-state index is 0.0516. The SMILES string of the molecule is CSCCC(=O)Nc1cccc2ncccc12. The molecule has 1 aromatic heterocycles. The van der Waals surface area contributed by atoms with Gasteiger partial charge in [0, 0.05) is 23.8 Å². The van der Waals surface area contributed by atoms with Gasteiger partial charge >= 0.3 is 0 Å². The maximum atomic E-state index is 11.7. The summed E-state index contributed by atoms with van der Waals surface area (Å²) in [6.07, 6.45) is 4.29. The third-order valence-corrected chi connectivity index (χ3v) is 3.07. The molecule has 2 aromatic rings. The summed E-state index contributed by atoms with van der Waals surface area (Å²) in [6, 6.07) is 9.58. The van der Waals surface area contributed by atoms with E-state index in [1.54, 1.807) is 18.0 Å². The van der Waals surface area contributed by atoms with Crippen molar-refractivity contribution in [2.75, 3.05) is 17.3 Å². The number of carbonyl (C=O) groups is 1. The van der Waals surface area contributed by atoms with Crippen molar-refractivity contribution in [3.63, 3.8) is 0 Å². The van der Waals surface area contributed by atoms with Crippen molar-refractivity contribution in [1.82, 2.24) is 4.98 Å². The van der Waals surface area contributed by atoms with Crippen LogP contribution in [0.3, 0.4) is 0 Å². The average Bonchev–Trinajstić information content (AvgIpc) is 2.37. The number of hydrogen-bond donors (Lipinski definition) is 1. The highest BCUT2D eigenvalue weighted by atomic mass is 32.2. The molecule has 4 heteroatoms. The Morgan fingerprint density at radius 2 is 2.24 bits per heavy atom. The first-order valence-electron chi connectivity index (χ1n) is 5.44. The van der Waals surface area contributed by atoms with Gasteiger partial charge in [0.2, 0.25) is 5.91 Å². The maximum absolute atomic E-state index is 11.7. The third-order valence-electron chi connectivity index (χ3n) is 2.45. The lowest BCUT2D eigenvalue weighted by atomic mass is 10.2. The number of thioether (sulfide) groups is 1. The van der Waals surface area contributed by atoms with Crippen LogP contribution in [-0.4, -0.2) is 22.9 Å². The van der Waals surface area contributed by atoms with Crippen LogP contribution in [0.1, 0.15) is 6.42 Å². The Kier molecular flexibility index (Phi) is 3.98. The molecule has 0 atom stereocenters. The zero-order valence-corrected chi connectivity index (χ0v) is 10.5. The Morgan fingerprint density at radius 3 is 3.06 bits per heavy atom. The smallest absolute Gasteiger partial charge is 0.225 e. The highest BCUT2D eigenvalue weighted by Crippen LogP contribution is 2.21. The molecule has 1 N–H and O–H groups in total. The lowest BCUT2D eigenvalue weighted by Gasteiger charge is -2.07. The molecule has 0 unspecified atom stereocenters. The van der Waals surface area contributed by atoms with E-state index in [4.69, 9.17) is 0 Å². The quantitative estimate of drug-likeness (QED) is 0.902. The molecule has 1 amide bonds. The number of hydrogen-bond acceptors (Lipinski definition) is 3. The van der Waals surface area contributed by atoms with Crippen molar-refractivity contribution < 1.29 is 4.79 Å². The van der Waals surface area contributed by atoms with E-state index in [-0.39, 0.29) is 5.91 Å². The number of pyridine rings is 1. The Labute approximate surface area is 105 Å². The first-order valence-corrected chi connectivity index (χ1v) is 6.83. The number of anilines is 1. The molecule has 0 aliphatic rings. The number of aromatic nitrogens is 1. The van der Waals surface area contributed by atoms with Crippen molar-refractivity contribution in [3.05, 3.63) is 36.5 Å². The number of amides is 1. The van der Waals surface area contributed by atoms with Crippen molar-refractivity contribution in [2.24, 2.45) is 0 Å². The predicted octanol–water partition coefficient (Wildman–Crippen LogP) is 2.93. The summed E-state index contributed by atoms with van der Waals surface area (Å²) in [4.78, 5) is 15.9. The molecule has 2 rings (SSSR count). The molecule has 0 aliphatic carbocycles. The second-order valence-corrected chi connectivity index (χ2v) is 4.65. The molecule has 88 valence electrons. The van der Waals surface area contributed by atoms with Gasteiger partial charge in [-0.3, -0.25) is 9.78 Å². The summed E-state index contributed by atoms with van der Waals surface area (Å²) in [5, 5.41) is 3.91. The molecule has 1 aromatic carbocycles. The summed E-state index contributed by atoms with van der Waals surface area (Å²) in [5.74, 6) is 0.894. The summed E-state index contributed by atoms with van der Waals surface area (Å²) < 4.78 is 0. The van der Waals surface area contributed by atoms with Crippen LogP contribution in [0.15, 0.2) is 36.5 Å². The zero-order valence-electron chi connectivity index (χ0n) is 9.64. The Morgan fingerprint density at radius 1 is 1.35 bits per heavy atom. The standard InChI is InChI=1S/C13H14N2OS/c1-17-9-7-13(16)15-12-6-2-5-11-10(12)4-3-8-14-11/h2-6,8H,7,9H2,1H3,(H,15,16). The molecule has 0 aliphatic heterocycles. The van der Waals surface area contributed by atoms with Gasteiger partial charge in [-0.25, -0.2) is 0 Å². The largest absolute Gasteiger partial charge is 0.325 e. The van der Waals surface area contributed by atoms with E-state index in [9.17, 15) is 4.79 Å². The average molecular weight is 246 g/mol. The van der Waals surface area contributed by atoms with E-state index in [2.05, 4.69) is 10.3 Å². The minimum atomic E-state index is 0.0516. The van der Waals surface area contributed by atoms with Crippen LogP contribution in [0.5, 0.6) is 0 Å². The van der Waals surface area contributed by atoms with Gasteiger partial charge in [-0.1, -0.05) is 6.07 Å². The number of rotatable bonds is 4. The highest BCUT2D eigenvalue weighted by molar-refractivity contribution is 7.98. The number of carbonyl (C=O) groups excluding carboxylic acids is 1. The van der Waals surface area contributed by atoms with Gasteiger partial charge in [-0.2, -0.15) is 11.8 Å². The van der Waals surface area contributed by atoms with Gasteiger partial charge in [-0.15, -0.1) is 0 Å².